The zero-order valence-corrected chi connectivity index (χ0v) is 10.4. The minimum Gasteiger partial charge on any atom is -0.497 e. The van der Waals surface area contributed by atoms with Gasteiger partial charge in [0.15, 0.2) is 0 Å². The second-order valence-electron chi connectivity index (χ2n) is 4.14. The molecule has 0 bridgehead atoms. The Kier molecular flexibility index (Phi) is 5.49. The fourth-order valence-corrected chi connectivity index (χ4v) is 1.43. The second-order valence-corrected chi connectivity index (χ2v) is 4.14. The fourth-order valence-electron chi connectivity index (χ4n) is 1.43. The highest BCUT2D eigenvalue weighted by Crippen LogP contribution is 2.12. The predicted octanol–water partition coefficient (Wildman–Crippen LogP) is 1.44. The Balaban J connectivity index is 2.36. The summed E-state index contributed by atoms with van der Waals surface area (Å²) < 4.78 is 5.11. The summed E-state index contributed by atoms with van der Waals surface area (Å²) in [6, 6.07) is 7.71. The largest absolute Gasteiger partial charge is 0.497 e. The van der Waals surface area contributed by atoms with Crippen LogP contribution in [0, 0.1) is 0 Å². The monoisotopic (exact) mass is 236 g/mol. The van der Waals surface area contributed by atoms with E-state index in [0.29, 0.717) is 19.4 Å². The molecule has 1 rings (SSSR count). The van der Waals surface area contributed by atoms with Crippen molar-refractivity contribution in [1.29, 1.82) is 0 Å². The quantitative estimate of drug-likeness (QED) is 0.785. The van der Waals surface area contributed by atoms with Crippen LogP contribution in [0.15, 0.2) is 24.3 Å². The summed E-state index contributed by atoms with van der Waals surface area (Å²) in [5.74, 6) is 0.831. The normalized spacial score (nSPS) is 11.9. The number of benzene rings is 1. The molecule has 1 amide bonds. The highest BCUT2D eigenvalue weighted by atomic mass is 16.5. The van der Waals surface area contributed by atoms with Crippen molar-refractivity contribution in [3.05, 3.63) is 29.8 Å². The van der Waals surface area contributed by atoms with Gasteiger partial charge in [0.25, 0.3) is 0 Å². The molecule has 1 aromatic rings. The minimum atomic E-state index is 0.0325. The van der Waals surface area contributed by atoms with E-state index in [0.717, 1.165) is 11.3 Å². The Bertz CT molecular complexity index is 364. The Hall–Kier alpha value is -1.55. The molecule has 0 heterocycles. The van der Waals surface area contributed by atoms with Crippen LogP contribution in [0.5, 0.6) is 5.75 Å². The van der Waals surface area contributed by atoms with Crippen molar-refractivity contribution in [2.24, 2.45) is 5.73 Å². The van der Waals surface area contributed by atoms with E-state index in [2.05, 4.69) is 5.32 Å². The summed E-state index contributed by atoms with van der Waals surface area (Å²) in [6.45, 7) is 2.42. The smallest absolute Gasteiger partial charge is 0.220 e. The van der Waals surface area contributed by atoms with Crippen molar-refractivity contribution in [2.75, 3.05) is 7.11 Å². The van der Waals surface area contributed by atoms with Gasteiger partial charge in [-0.15, -0.1) is 0 Å². The van der Waals surface area contributed by atoms with Crippen molar-refractivity contribution in [3.8, 4) is 5.75 Å². The van der Waals surface area contributed by atoms with Crippen molar-refractivity contribution in [2.45, 2.75) is 32.4 Å². The van der Waals surface area contributed by atoms with Gasteiger partial charge in [-0.25, -0.2) is 0 Å². The van der Waals surface area contributed by atoms with Crippen molar-refractivity contribution in [1.82, 2.24) is 5.32 Å². The van der Waals surface area contributed by atoms with Gasteiger partial charge in [-0.2, -0.15) is 0 Å². The second kappa shape index (κ2) is 6.91. The van der Waals surface area contributed by atoms with Crippen LogP contribution < -0.4 is 15.8 Å². The molecule has 1 atom stereocenters. The van der Waals surface area contributed by atoms with Gasteiger partial charge in [0, 0.05) is 19.0 Å². The molecule has 1 unspecified atom stereocenters. The Morgan fingerprint density at radius 1 is 1.53 bits per heavy atom. The van der Waals surface area contributed by atoms with Crippen molar-refractivity contribution < 1.29 is 9.53 Å². The van der Waals surface area contributed by atoms with Gasteiger partial charge in [-0.1, -0.05) is 12.1 Å². The van der Waals surface area contributed by atoms with Gasteiger partial charge in [0.1, 0.15) is 5.75 Å². The molecule has 17 heavy (non-hydrogen) atoms. The molecule has 4 heteroatoms. The van der Waals surface area contributed by atoms with Gasteiger partial charge in [0.2, 0.25) is 5.91 Å². The van der Waals surface area contributed by atoms with E-state index < -0.39 is 0 Å². The summed E-state index contributed by atoms with van der Waals surface area (Å²) >= 11 is 0. The molecule has 0 saturated heterocycles. The van der Waals surface area contributed by atoms with Crippen LogP contribution in [0.1, 0.15) is 25.3 Å². The minimum absolute atomic E-state index is 0.0325. The van der Waals surface area contributed by atoms with Crippen molar-refractivity contribution in [3.63, 3.8) is 0 Å². The lowest BCUT2D eigenvalue weighted by Crippen LogP contribution is -2.25. The molecule has 0 spiro atoms. The van der Waals surface area contributed by atoms with Crippen LogP contribution in [0.4, 0.5) is 0 Å². The van der Waals surface area contributed by atoms with E-state index in [-0.39, 0.29) is 11.9 Å². The van der Waals surface area contributed by atoms with Gasteiger partial charge in [-0.3, -0.25) is 4.79 Å². The van der Waals surface area contributed by atoms with E-state index in [1.165, 1.54) is 0 Å². The number of hydrogen-bond acceptors (Lipinski definition) is 3. The average Bonchev–Trinajstić information content (AvgIpc) is 2.34. The average molecular weight is 236 g/mol. The molecule has 0 radical (unpaired) electrons. The summed E-state index contributed by atoms with van der Waals surface area (Å²) in [4.78, 5) is 11.5. The molecular formula is C13H20N2O2. The number of rotatable bonds is 6. The zero-order valence-electron chi connectivity index (χ0n) is 10.4. The van der Waals surface area contributed by atoms with E-state index in [1.54, 1.807) is 7.11 Å². The predicted molar refractivity (Wildman–Crippen MR) is 67.7 cm³/mol. The molecule has 0 aliphatic rings. The summed E-state index contributed by atoms with van der Waals surface area (Å²) in [5.41, 5.74) is 6.62. The molecular weight excluding hydrogens is 216 g/mol. The SMILES string of the molecule is COc1cccc(CNC(=O)CCC(C)N)c1. The molecule has 3 N–H and O–H groups in total. The third-order valence-electron chi connectivity index (χ3n) is 2.45. The van der Waals surface area contributed by atoms with Crippen LogP contribution in [0.2, 0.25) is 0 Å². The van der Waals surface area contributed by atoms with Crippen LogP contribution >= 0.6 is 0 Å². The highest BCUT2D eigenvalue weighted by Gasteiger charge is 2.03. The maximum atomic E-state index is 11.5. The number of amides is 1. The van der Waals surface area contributed by atoms with Gasteiger partial charge >= 0.3 is 0 Å². The number of nitrogens with one attached hydrogen (secondary N) is 1. The topological polar surface area (TPSA) is 64.3 Å². The first-order chi connectivity index (χ1) is 8.11. The summed E-state index contributed by atoms with van der Waals surface area (Å²) in [6.07, 6.45) is 1.19. The number of ether oxygens (including phenoxy) is 1. The molecule has 0 aliphatic heterocycles. The van der Waals surface area contributed by atoms with E-state index in [1.807, 2.05) is 31.2 Å². The van der Waals surface area contributed by atoms with Gasteiger partial charge in [-0.05, 0) is 31.0 Å². The van der Waals surface area contributed by atoms with Crippen LogP contribution in [-0.4, -0.2) is 19.1 Å². The van der Waals surface area contributed by atoms with Crippen LogP contribution in [0.25, 0.3) is 0 Å². The molecule has 94 valence electrons. The fraction of sp³-hybridized carbons (Fsp3) is 0.462. The van der Waals surface area contributed by atoms with E-state index in [9.17, 15) is 4.79 Å². The number of carbonyl (C=O) groups is 1. The first-order valence-electron chi connectivity index (χ1n) is 5.77. The lowest BCUT2D eigenvalue weighted by molar-refractivity contribution is -0.121. The van der Waals surface area contributed by atoms with E-state index in [4.69, 9.17) is 10.5 Å². The zero-order chi connectivity index (χ0) is 12.7. The van der Waals surface area contributed by atoms with Crippen molar-refractivity contribution >= 4 is 5.91 Å². The third kappa shape index (κ3) is 5.36. The maximum absolute atomic E-state index is 11.5. The van der Waals surface area contributed by atoms with E-state index >= 15 is 0 Å². The molecule has 0 aliphatic carbocycles. The first kappa shape index (κ1) is 13.5. The number of nitrogens with two attached hydrogens (primary N) is 1. The van der Waals surface area contributed by atoms with Crippen LogP contribution in [-0.2, 0) is 11.3 Å². The summed E-state index contributed by atoms with van der Waals surface area (Å²) in [5, 5.41) is 2.86. The summed E-state index contributed by atoms with van der Waals surface area (Å²) in [7, 11) is 1.63. The molecule has 0 aromatic heterocycles. The standard InChI is InChI=1S/C13H20N2O2/c1-10(14)6-7-13(16)15-9-11-4-3-5-12(8-11)17-2/h3-5,8,10H,6-7,9,14H2,1-2H3,(H,15,16). The Labute approximate surface area is 102 Å². The number of hydrogen-bond donors (Lipinski definition) is 2. The lowest BCUT2D eigenvalue weighted by atomic mass is 10.2. The van der Waals surface area contributed by atoms with Gasteiger partial charge < -0.3 is 15.8 Å². The highest BCUT2D eigenvalue weighted by molar-refractivity contribution is 5.75. The van der Waals surface area contributed by atoms with Gasteiger partial charge in [0.05, 0.1) is 7.11 Å². The number of carbonyl (C=O) groups excluding carboxylic acids is 1. The lowest BCUT2D eigenvalue weighted by Gasteiger charge is -2.08. The Morgan fingerprint density at radius 2 is 2.29 bits per heavy atom. The number of methoxy groups -OCH3 is 1. The molecule has 0 fully saturated rings. The molecule has 4 nitrogen and oxygen atoms in total. The van der Waals surface area contributed by atoms with Crippen LogP contribution in [0.3, 0.4) is 0 Å². The Morgan fingerprint density at radius 3 is 2.94 bits per heavy atom. The maximum Gasteiger partial charge on any atom is 0.220 e. The molecule has 0 saturated carbocycles. The third-order valence-corrected chi connectivity index (χ3v) is 2.45. The molecule has 1 aromatic carbocycles. The first-order valence-corrected chi connectivity index (χ1v) is 5.77.